The molecule has 0 saturated carbocycles. The van der Waals surface area contributed by atoms with Gasteiger partial charge in [-0.05, 0) is 220 Å². The largest absolute Gasteiger partial charge is 0.264 e. The first-order chi connectivity index (χ1) is 71.3. The van der Waals surface area contributed by atoms with Crippen LogP contribution in [0.25, 0.3) is 265 Å². The highest BCUT2D eigenvalue weighted by atomic mass is 14.9. The molecule has 0 unspecified atom stereocenters. The summed E-state index contributed by atoms with van der Waals surface area (Å²) >= 11 is 0. The Hall–Kier alpha value is -19.4. The Labute approximate surface area is 833 Å². The van der Waals surface area contributed by atoms with E-state index in [0.717, 1.165) is 123 Å². The molecule has 0 aliphatic rings. The predicted molar refractivity (Wildman–Crippen MR) is 599 cm³/mol. The number of pyridine rings is 3. The minimum Gasteiger partial charge on any atom is -0.264 e. The molecule has 0 N–H and O–H groups in total. The minimum atomic E-state index is 0.691. The van der Waals surface area contributed by atoms with E-state index in [1.165, 1.54) is 125 Å². The van der Waals surface area contributed by atoms with Gasteiger partial charge in [0.1, 0.15) is 0 Å². The minimum absolute atomic E-state index is 0.691. The molecule has 9 nitrogen and oxygen atoms in total. The zero-order valence-electron chi connectivity index (χ0n) is 78.3. The molecule has 0 fully saturated rings. The van der Waals surface area contributed by atoms with E-state index in [2.05, 4.69) is 488 Å². The summed E-state index contributed by atoms with van der Waals surface area (Å²) in [6.07, 6.45) is 11.1. The third-order valence-corrected chi connectivity index (χ3v) is 27.5. The van der Waals surface area contributed by atoms with E-state index >= 15 is 0 Å². The molecular weight excluding hydrogens is 1750 g/mol. The zero-order chi connectivity index (χ0) is 95.6. The highest BCUT2D eigenvalue weighted by Gasteiger charge is 2.22. The summed E-state index contributed by atoms with van der Waals surface area (Å²) in [6, 6.07) is 173. The lowest BCUT2D eigenvalue weighted by Gasteiger charge is -2.14. The molecule has 144 heavy (non-hydrogen) atoms. The summed E-state index contributed by atoms with van der Waals surface area (Å²) in [5.74, 6) is 2.10. The maximum Gasteiger partial charge on any atom is 0.161 e. The summed E-state index contributed by atoms with van der Waals surface area (Å²) in [5, 5.41) is 21.9. The van der Waals surface area contributed by atoms with Gasteiger partial charge in [-0.15, -0.1) is 0 Å². The van der Waals surface area contributed by atoms with Crippen LogP contribution in [0.3, 0.4) is 0 Å². The van der Waals surface area contributed by atoms with Crippen molar-refractivity contribution in [1.82, 2.24) is 44.9 Å². The topological polar surface area (TPSA) is 116 Å². The van der Waals surface area contributed by atoms with Gasteiger partial charge in [0, 0.05) is 104 Å². The van der Waals surface area contributed by atoms with E-state index < -0.39 is 0 Å². The van der Waals surface area contributed by atoms with E-state index in [9.17, 15) is 0 Å². The monoisotopic (exact) mass is 1830 g/mol. The van der Waals surface area contributed by atoms with E-state index in [0.29, 0.717) is 17.5 Å². The molecule has 6 heterocycles. The van der Waals surface area contributed by atoms with Gasteiger partial charge in [-0.25, -0.2) is 29.9 Å². The van der Waals surface area contributed by atoms with Gasteiger partial charge < -0.3 is 0 Å². The fourth-order valence-electron chi connectivity index (χ4n) is 20.3. The summed E-state index contributed by atoms with van der Waals surface area (Å²) in [7, 11) is 0. The molecule has 0 amide bonds. The third-order valence-electron chi connectivity index (χ3n) is 27.5. The Balaban J connectivity index is 0.000000113. The lowest BCUT2D eigenvalue weighted by molar-refractivity contribution is 1.18. The van der Waals surface area contributed by atoms with Gasteiger partial charge in [-0.2, -0.15) is 0 Å². The van der Waals surface area contributed by atoms with Crippen LogP contribution in [-0.2, 0) is 0 Å². The Morgan fingerprint density at radius 2 is 0.382 bits per heavy atom. The standard InChI is InChI=1S/C49H31N3.C45H29N3.C41H27N3/c1-2-15-39-32(10-1)11-8-20-40(39)33-21-23-34(24-22-33)47-30-48(36-13-7-12-35(28-36)38-14-9-27-50-31-38)52-49(51-47)37-25-26-45-43-18-4-3-16-41(43)42-17-5-6-19-44(42)46(45)29-37;1-3-16-37-30(10-1)12-8-20-38(37)31-21-23-32(24-22-31)43-28-44(35-14-7-13-33(26-35)36-15-9-25-46-29-36)48-45(47-43)42-27-34-11-2-4-17-39(34)40-18-5-6-19-41(40)42;1-2-10-32-25-35(22-17-28(32)8-1)41-43-39(26-40(44-41)34-13-5-12-33(24-34)36-14-7-23-42-27-36)31-20-18-30(19-21-31)38-16-6-11-29-9-3-4-15-37(29)38/h1-31H;1-29H;1-27H. The fraction of sp³-hybridized carbons (Fsp3) is 0. The Morgan fingerprint density at radius 3 is 0.778 bits per heavy atom. The van der Waals surface area contributed by atoms with Crippen molar-refractivity contribution in [1.29, 1.82) is 0 Å². The van der Waals surface area contributed by atoms with Gasteiger partial charge >= 0.3 is 0 Å². The lowest BCUT2D eigenvalue weighted by Crippen LogP contribution is -1.97. The van der Waals surface area contributed by atoms with Gasteiger partial charge in [0.25, 0.3) is 0 Å². The van der Waals surface area contributed by atoms with Crippen molar-refractivity contribution in [2.75, 3.05) is 0 Å². The first kappa shape index (κ1) is 86.2. The first-order valence-electron chi connectivity index (χ1n) is 48.5. The van der Waals surface area contributed by atoms with Crippen LogP contribution in [0.1, 0.15) is 0 Å². The number of nitrogens with zero attached hydrogens (tertiary/aromatic N) is 9. The molecule has 21 aromatic carbocycles. The summed E-state index contributed by atoms with van der Waals surface area (Å²) < 4.78 is 0. The van der Waals surface area contributed by atoms with E-state index in [1.54, 1.807) is 18.6 Å². The Kier molecular flexibility index (Phi) is 22.9. The summed E-state index contributed by atoms with van der Waals surface area (Å²) in [6.45, 7) is 0. The van der Waals surface area contributed by atoms with Crippen molar-refractivity contribution in [3.05, 3.63) is 529 Å². The van der Waals surface area contributed by atoms with Crippen LogP contribution in [0.2, 0.25) is 0 Å². The summed E-state index contributed by atoms with van der Waals surface area (Å²) in [4.78, 5) is 44.3. The highest BCUT2D eigenvalue weighted by Crippen LogP contribution is 2.44. The molecule has 0 atom stereocenters. The molecule has 0 spiro atoms. The number of hydrogen-bond donors (Lipinski definition) is 0. The van der Waals surface area contributed by atoms with Crippen molar-refractivity contribution >= 4 is 97.0 Å². The number of fused-ring (bicyclic) bond motifs is 13. The molecular formula is C135H87N9. The molecule has 0 radical (unpaired) electrons. The molecule has 27 rings (SSSR count). The molecule has 6 aromatic heterocycles. The van der Waals surface area contributed by atoms with Crippen LogP contribution in [-0.4, -0.2) is 44.9 Å². The smallest absolute Gasteiger partial charge is 0.161 e. The number of benzene rings is 21. The van der Waals surface area contributed by atoms with Crippen LogP contribution >= 0.6 is 0 Å². The third kappa shape index (κ3) is 17.2. The number of aromatic nitrogens is 9. The average molecular weight is 1840 g/mol. The summed E-state index contributed by atoms with van der Waals surface area (Å²) in [5.41, 5.74) is 28.1. The quantitative estimate of drug-likeness (QED) is 0.0925. The molecule has 0 aliphatic heterocycles. The van der Waals surface area contributed by atoms with Gasteiger partial charge in [-0.3, -0.25) is 15.0 Å². The second-order valence-electron chi connectivity index (χ2n) is 36.3. The van der Waals surface area contributed by atoms with E-state index in [1.807, 2.05) is 36.8 Å². The van der Waals surface area contributed by atoms with Gasteiger partial charge in [0.2, 0.25) is 0 Å². The molecule has 9 heteroatoms. The molecule has 672 valence electrons. The van der Waals surface area contributed by atoms with Crippen LogP contribution < -0.4 is 0 Å². The van der Waals surface area contributed by atoms with Gasteiger partial charge in [0.15, 0.2) is 17.5 Å². The van der Waals surface area contributed by atoms with Crippen molar-refractivity contribution in [3.63, 3.8) is 0 Å². The van der Waals surface area contributed by atoms with Crippen molar-refractivity contribution < 1.29 is 0 Å². The van der Waals surface area contributed by atoms with Crippen molar-refractivity contribution in [2.24, 2.45) is 0 Å². The van der Waals surface area contributed by atoms with Crippen LogP contribution in [0, 0.1) is 0 Å². The van der Waals surface area contributed by atoms with Crippen LogP contribution in [0.5, 0.6) is 0 Å². The molecule has 0 saturated heterocycles. The molecule has 0 aliphatic carbocycles. The Bertz CT molecular complexity index is 9520. The van der Waals surface area contributed by atoms with E-state index in [4.69, 9.17) is 29.9 Å². The second kappa shape index (κ2) is 38.2. The zero-order valence-corrected chi connectivity index (χ0v) is 78.3. The lowest BCUT2D eigenvalue weighted by atomic mass is 9.93. The fourth-order valence-corrected chi connectivity index (χ4v) is 20.3. The normalized spacial score (nSPS) is 11.3. The molecule has 27 aromatic rings. The second-order valence-corrected chi connectivity index (χ2v) is 36.3. The SMILES string of the molecule is c1cncc(-c2cccc(-c3cc(-c4ccc(-c5cccc6ccccc56)cc4)nc(-c4cc5ccccc5c5ccccc45)n3)c2)c1.c1cncc(-c2cccc(-c3cc(-c4ccc(-c5cccc6ccccc56)cc4)nc(-c4ccc5c6ccccc6c6ccccc6c5c4)n3)c2)c1.c1cncc(-c2cccc(-c3cc(-c4ccc(-c5cccc6ccccc56)cc4)nc(-c4ccc5ccccc5c4)n3)c2)c1. The van der Waals surface area contributed by atoms with Crippen LogP contribution in [0.15, 0.2) is 529 Å². The predicted octanol–water partition coefficient (Wildman–Crippen LogP) is 35.0. The van der Waals surface area contributed by atoms with Crippen molar-refractivity contribution in [2.45, 2.75) is 0 Å². The van der Waals surface area contributed by atoms with Gasteiger partial charge in [0.05, 0.1) is 34.2 Å². The van der Waals surface area contributed by atoms with Crippen LogP contribution in [0.4, 0.5) is 0 Å². The van der Waals surface area contributed by atoms with Gasteiger partial charge in [-0.1, -0.05) is 419 Å². The maximum atomic E-state index is 5.27. The highest BCUT2D eigenvalue weighted by molar-refractivity contribution is 6.26. The average Bonchev–Trinajstić information content (AvgIpc) is 0.740. The maximum absolute atomic E-state index is 5.27. The first-order valence-corrected chi connectivity index (χ1v) is 48.5. The Morgan fingerprint density at radius 1 is 0.111 bits per heavy atom. The van der Waals surface area contributed by atoms with Crippen molar-refractivity contribution in [3.8, 4) is 168 Å². The number of hydrogen-bond acceptors (Lipinski definition) is 9. The molecule has 0 bridgehead atoms. The van der Waals surface area contributed by atoms with E-state index in [-0.39, 0.29) is 0 Å². The number of rotatable bonds is 15.